The molecule has 0 spiro atoms. The van der Waals surface area contributed by atoms with Crippen molar-refractivity contribution in [3.8, 4) is 11.3 Å². The number of rotatable bonds is 4. The third-order valence-corrected chi connectivity index (χ3v) is 4.62. The number of nitrogens with zero attached hydrogens (tertiary/aromatic N) is 5. The van der Waals surface area contributed by atoms with E-state index >= 15 is 0 Å². The van der Waals surface area contributed by atoms with Crippen LogP contribution in [0.15, 0.2) is 79.3 Å². The van der Waals surface area contributed by atoms with Gasteiger partial charge in [-0.2, -0.15) is 9.61 Å². The Labute approximate surface area is 160 Å². The predicted molar refractivity (Wildman–Crippen MR) is 107 cm³/mol. The second-order valence-electron chi connectivity index (χ2n) is 6.48. The fourth-order valence-electron chi connectivity index (χ4n) is 3.24. The van der Waals surface area contributed by atoms with E-state index in [2.05, 4.69) is 20.6 Å². The fourth-order valence-corrected chi connectivity index (χ4v) is 3.24. The van der Waals surface area contributed by atoms with Crippen LogP contribution in [0.4, 0.5) is 5.69 Å². The van der Waals surface area contributed by atoms with Crippen LogP contribution in [-0.2, 0) is 11.3 Å². The number of benzene rings is 2. The van der Waals surface area contributed by atoms with Gasteiger partial charge in [0.05, 0.1) is 5.69 Å². The lowest BCUT2D eigenvalue weighted by atomic mass is 10.1. The van der Waals surface area contributed by atoms with Crippen molar-refractivity contribution in [2.75, 3.05) is 5.32 Å². The van der Waals surface area contributed by atoms with Gasteiger partial charge in [0.25, 0.3) is 0 Å². The van der Waals surface area contributed by atoms with Crippen LogP contribution in [0, 0.1) is 0 Å². The molecule has 1 N–H and O–H groups in total. The Morgan fingerprint density at radius 1 is 0.964 bits per heavy atom. The highest BCUT2D eigenvalue weighted by Gasteiger charge is 2.08. The zero-order chi connectivity index (χ0) is 18.9. The molecular formula is C21H16N6O. The highest BCUT2D eigenvalue weighted by molar-refractivity contribution is 5.92. The predicted octanol–water partition coefficient (Wildman–Crippen LogP) is 3.38. The lowest BCUT2D eigenvalue weighted by molar-refractivity contribution is -0.116. The molecule has 0 aliphatic heterocycles. The van der Waals surface area contributed by atoms with Crippen molar-refractivity contribution >= 4 is 28.1 Å². The van der Waals surface area contributed by atoms with Crippen molar-refractivity contribution < 1.29 is 4.79 Å². The van der Waals surface area contributed by atoms with Crippen LogP contribution in [0.3, 0.4) is 0 Å². The summed E-state index contributed by atoms with van der Waals surface area (Å²) in [4.78, 5) is 12.4. The van der Waals surface area contributed by atoms with Gasteiger partial charge < -0.3 is 9.88 Å². The molecule has 0 bridgehead atoms. The highest BCUT2D eigenvalue weighted by atomic mass is 16.1. The summed E-state index contributed by atoms with van der Waals surface area (Å²) < 4.78 is 3.57. The summed E-state index contributed by atoms with van der Waals surface area (Å²) >= 11 is 0. The fraction of sp³-hybridized carbons (Fsp3) is 0.0476. The molecule has 7 heteroatoms. The molecule has 0 atom stereocenters. The maximum atomic E-state index is 12.4. The van der Waals surface area contributed by atoms with E-state index in [4.69, 9.17) is 0 Å². The number of carbonyl (C=O) groups excluding carboxylic acids is 1. The summed E-state index contributed by atoms with van der Waals surface area (Å²) in [7, 11) is 0. The molecule has 3 aromatic heterocycles. The maximum absolute atomic E-state index is 12.4. The van der Waals surface area contributed by atoms with Crippen LogP contribution < -0.4 is 5.32 Å². The van der Waals surface area contributed by atoms with Gasteiger partial charge >= 0.3 is 0 Å². The molecule has 1 amide bonds. The standard InChI is InChI=1S/C21H16N6O/c28-21(13-26-12-11-16-3-1-2-4-19(16)26)23-17-7-5-15(6-8-17)18-9-10-20-24-22-14-27(20)25-18/h1-12,14H,13H2,(H,23,28). The topological polar surface area (TPSA) is 77.1 Å². The van der Waals surface area contributed by atoms with Gasteiger partial charge in [0.2, 0.25) is 5.91 Å². The van der Waals surface area contributed by atoms with Crippen molar-refractivity contribution in [2.24, 2.45) is 0 Å². The minimum Gasteiger partial charge on any atom is -0.338 e. The third kappa shape index (κ3) is 2.99. The monoisotopic (exact) mass is 368 g/mol. The van der Waals surface area contributed by atoms with Gasteiger partial charge in [-0.3, -0.25) is 4.79 Å². The number of fused-ring (bicyclic) bond motifs is 2. The molecule has 7 nitrogen and oxygen atoms in total. The average Bonchev–Trinajstić information content (AvgIpc) is 3.35. The van der Waals surface area contributed by atoms with Crippen molar-refractivity contribution in [1.82, 2.24) is 24.4 Å². The number of amides is 1. The first-order valence-corrected chi connectivity index (χ1v) is 8.87. The summed E-state index contributed by atoms with van der Waals surface area (Å²) in [5.74, 6) is -0.0712. The minimum absolute atomic E-state index is 0.0712. The smallest absolute Gasteiger partial charge is 0.244 e. The van der Waals surface area contributed by atoms with Crippen LogP contribution in [0.1, 0.15) is 0 Å². The number of anilines is 1. The Morgan fingerprint density at radius 3 is 2.71 bits per heavy atom. The molecular weight excluding hydrogens is 352 g/mol. The lowest BCUT2D eigenvalue weighted by Crippen LogP contribution is -2.18. The van der Waals surface area contributed by atoms with E-state index in [0.717, 1.165) is 27.8 Å². The minimum atomic E-state index is -0.0712. The molecule has 0 aliphatic rings. The lowest BCUT2D eigenvalue weighted by Gasteiger charge is -2.08. The van der Waals surface area contributed by atoms with Crippen molar-refractivity contribution in [3.05, 3.63) is 79.3 Å². The van der Waals surface area contributed by atoms with Gasteiger partial charge in [-0.15, -0.1) is 10.2 Å². The number of para-hydroxylation sites is 1. The maximum Gasteiger partial charge on any atom is 0.244 e. The number of carbonyl (C=O) groups is 1. The summed E-state index contributed by atoms with van der Waals surface area (Å²) in [6.45, 7) is 0.265. The van der Waals surface area contributed by atoms with Gasteiger partial charge in [0, 0.05) is 23.0 Å². The van der Waals surface area contributed by atoms with Gasteiger partial charge in [-0.25, -0.2) is 0 Å². The Balaban J connectivity index is 1.31. The van der Waals surface area contributed by atoms with Gasteiger partial charge in [0.1, 0.15) is 12.9 Å². The van der Waals surface area contributed by atoms with Crippen molar-refractivity contribution in [1.29, 1.82) is 0 Å². The first kappa shape index (κ1) is 16.2. The molecule has 5 aromatic rings. The largest absolute Gasteiger partial charge is 0.338 e. The number of aromatic nitrogens is 5. The van der Waals surface area contributed by atoms with Gasteiger partial charge in [-0.1, -0.05) is 30.3 Å². The zero-order valence-electron chi connectivity index (χ0n) is 14.9. The number of hydrogen-bond acceptors (Lipinski definition) is 4. The second kappa shape index (κ2) is 6.62. The van der Waals surface area contributed by atoms with E-state index in [9.17, 15) is 4.79 Å². The summed E-state index contributed by atoms with van der Waals surface area (Å²) in [5.41, 5.74) is 4.25. The van der Waals surface area contributed by atoms with E-state index in [0.29, 0.717) is 5.65 Å². The molecule has 28 heavy (non-hydrogen) atoms. The van der Waals surface area contributed by atoms with E-state index < -0.39 is 0 Å². The van der Waals surface area contributed by atoms with E-state index in [1.165, 1.54) is 0 Å². The molecule has 0 saturated heterocycles. The summed E-state index contributed by atoms with van der Waals surface area (Å²) in [6, 6.07) is 21.4. The average molecular weight is 368 g/mol. The molecule has 0 aliphatic carbocycles. The molecule has 5 rings (SSSR count). The number of hydrogen-bond donors (Lipinski definition) is 1. The van der Waals surface area contributed by atoms with Crippen LogP contribution in [0.25, 0.3) is 27.8 Å². The van der Waals surface area contributed by atoms with Crippen LogP contribution in [-0.4, -0.2) is 30.3 Å². The van der Waals surface area contributed by atoms with Crippen LogP contribution in [0.5, 0.6) is 0 Å². The molecule has 3 heterocycles. The molecule has 0 radical (unpaired) electrons. The van der Waals surface area contributed by atoms with Gasteiger partial charge in [0.15, 0.2) is 5.65 Å². The molecule has 0 unspecified atom stereocenters. The Kier molecular flexibility index (Phi) is 3.83. The Hall–Kier alpha value is -4.00. The summed E-state index contributed by atoms with van der Waals surface area (Å²) in [5, 5.41) is 16.3. The van der Waals surface area contributed by atoms with E-state index in [-0.39, 0.29) is 12.5 Å². The Morgan fingerprint density at radius 2 is 1.82 bits per heavy atom. The van der Waals surface area contributed by atoms with Crippen LogP contribution >= 0.6 is 0 Å². The summed E-state index contributed by atoms with van der Waals surface area (Å²) in [6.07, 6.45) is 3.50. The van der Waals surface area contributed by atoms with E-state index in [1.807, 2.05) is 77.5 Å². The SMILES string of the molecule is O=C(Cn1ccc2ccccc21)Nc1ccc(-c2ccc3nncn3n2)cc1. The van der Waals surface area contributed by atoms with Gasteiger partial charge in [-0.05, 0) is 41.8 Å². The van der Waals surface area contributed by atoms with Crippen molar-refractivity contribution in [3.63, 3.8) is 0 Å². The highest BCUT2D eigenvalue weighted by Crippen LogP contribution is 2.20. The third-order valence-electron chi connectivity index (χ3n) is 4.62. The quantitative estimate of drug-likeness (QED) is 0.527. The van der Waals surface area contributed by atoms with Crippen LogP contribution in [0.2, 0.25) is 0 Å². The normalized spacial score (nSPS) is 11.1. The van der Waals surface area contributed by atoms with Crippen molar-refractivity contribution in [2.45, 2.75) is 6.54 Å². The first-order chi connectivity index (χ1) is 13.8. The first-order valence-electron chi connectivity index (χ1n) is 8.87. The van der Waals surface area contributed by atoms with E-state index in [1.54, 1.807) is 10.8 Å². The molecule has 0 saturated carbocycles. The Bertz CT molecular complexity index is 1290. The number of nitrogens with one attached hydrogen (secondary N) is 1. The molecule has 2 aromatic carbocycles. The second-order valence-corrected chi connectivity index (χ2v) is 6.48. The molecule has 136 valence electrons. The molecule has 0 fully saturated rings. The zero-order valence-corrected chi connectivity index (χ0v) is 14.9.